The fourth-order valence-corrected chi connectivity index (χ4v) is 1.90. The van der Waals surface area contributed by atoms with E-state index in [2.05, 4.69) is 0 Å². The molecule has 92 valence electrons. The van der Waals surface area contributed by atoms with Gasteiger partial charge in [0.05, 0.1) is 12.2 Å². The van der Waals surface area contributed by atoms with Crippen molar-refractivity contribution in [2.45, 2.75) is 67.1 Å². The first-order valence-electron chi connectivity index (χ1n) is 5.88. The minimum absolute atomic E-state index is 0.0509. The van der Waals surface area contributed by atoms with Crippen LogP contribution < -0.4 is 0 Å². The second-order valence-electron chi connectivity index (χ2n) is 6.69. The lowest BCUT2D eigenvalue weighted by Crippen LogP contribution is -2.45. The summed E-state index contributed by atoms with van der Waals surface area (Å²) in [5.74, 6) is -0.0509. The predicted octanol–water partition coefficient (Wildman–Crippen LogP) is 2.83. The average molecular weight is 216 g/mol. The van der Waals surface area contributed by atoms with E-state index in [0.29, 0.717) is 0 Å². The second-order valence-corrected chi connectivity index (χ2v) is 6.69. The summed E-state index contributed by atoms with van der Waals surface area (Å²) in [5, 5.41) is 20.4. The van der Waals surface area contributed by atoms with Crippen molar-refractivity contribution < 1.29 is 10.2 Å². The standard InChI is InChI=1S/C13H28O2/c1-8-9(10(14)12(2,3)4)11(15)13(5,6)7/h9-11,14-15H,8H2,1-7H3. The van der Waals surface area contributed by atoms with Crippen molar-refractivity contribution in [1.82, 2.24) is 0 Å². The maximum Gasteiger partial charge on any atom is 0.0641 e. The molecule has 0 aromatic heterocycles. The molecule has 0 aliphatic carbocycles. The molecule has 0 saturated heterocycles. The van der Waals surface area contributed by atoms with E-state index in [-0.39, 0.29) is 16.7 Å². The van der Waals surface area contributed by atoms with Gasteiger partial charge in [-0.15, -0.1) is 0 Å². The third-order valence-electron chi connectivity index (χ3n) is 3.06. The van der Waals surface area contributed by atoms with Crippen molar-refractivity contribution in [3.05, 3.63) is 0 Å². The summed E-state index contributed by atoms with van der Waals surface area (Å²) in [6.45, 7) is 14.1. The Morgan fingerprint density at radius 2 is 1.07 bits per heavy atom. The van der Waals surface area contributed by atoms with E-state index in [1.54, 1.807) is 0 Å². The Kier molecular flexibility index (Phi) is 4.81. The van der Waals surface area contributed by atoms with Gasteiger partial charge < -0.3 is 10.2 Å². The minimum atomic E-state index is -0.461. The summed E-state index contributed by atoms with van der Waals surface area (Å²) < 4.78 is 0. The molecule has 0 rings (SSSR count). The Labute approximate surface area is 94.7 Å². The molecule has 0 radical (unpaired) electrons. The lowest BCUT2D eigenvalue weighted by Gasteiger charge is -2.40. The molecule has 0 fully saturated rings. The van der Waals surface area contributed by atoms with Crippen LogP contribution in [0.4, 0.5) is 0 Å². The molecule has 0 aromatic carbocycles. The van der Waals surface area contributed by atoms with Crippen molar-refractivity contribution in [1.29, 1.82) is 0 Å². The van der Waals surface area contributed by atoms with Crippen LogP contribution in [0.5, 0.6) is 0 Å². The van der Waals surface area contributed by atoms with Gasteiger partial charge in [-0.2, -0.15) is 0 Å². The number of hydrogen-bond acceptors (Lipinski definition) is 2. The van der Waals surface area contributed by atoms with E-state index < -0.39 is 12.2 Å². The van der Waals surface area contributed by atoms with Gasteiger partial charge in [-0.3, -0.25) is 0 Å². The van der Waals surface area contributed by atoms with Crippen LogP contribution in [0.3, 0.4) is 0 Å². The van der Waals surface area contributed by atoms with Crippen LogP contribution in [0.2, 0.25) is 0 Å². The SMILES string of the molecule is CCC(C(O)C(C)(C)C)C(O)C(C)(C)C. The maximum atomic E-state index is 10.2. The monoisotopic (exact) mass is 216 g/mol. The molecule has 0 heterocycles. The van der Waals surface area contributed by atoms with Gasteiger partial charge in [0, 0.05) is 5.92 Å². The molecular weight excluding hydrogens is 188 g/mol. The van der Waals surface area contributed by atoms with Gasteiger partial charge in [0.1, 0.15) is 0 Å². The lowest BCUT2D eigenvalue weighted by atomic mass is 9.71. The maximum absolute atomic E-state index is 10.2. The highest BCUT2D eigenvalue weighted by Gasteiger charge is 2.38. The quantitative estimate of drug-likeness (QED) is 0.761. The van der Waals surface area contributed by atoms with Gasteiger partial charge in [-0.05, 0) is 17.3 Å². The van der Waals surface area contributed by atoms with E-state index in [1.165, 1.54) is 0 Å². The van der Waals surface area contributed by atoms with Crippen molar-refractivity contribution in [3.63, 3.8) is 0 Å². The molecule has 2 heteroatoms. The number of aliphatic hydroxyl groups is 2. The first kappa shape index (κ1) is 14.9. The zero-order valence-corrected chi connectivity index (χ0v) is 11.3. The molecule has 0 amide bonds. The van der Waals surface area contributed by atoms with Gasteiger partial charge in [0.2, 0.25) is 0 Å². The van der Waals surface area contributed by atoms with Crippen LogP contribution in [0, 0.1) is 16.7 Å². The van der Waals surface area contributed by atoms with Gasteiger partial charge >= 0.3 is 0 Å². The fourth-order valence-electron chi connectivity index (χ4n) is 1.90. The van der Waals surface area contributed by atoms with Crippen molar-refractivity contribution in [2.24, 2.45) is 16.7 Å². The van der Waals surface area contributed by atoms with Crippen molar-refractivity contribution in [2.75, 3.05) is 0 Å². The second kappa shape index (κ2) is 4.84. The summed E-state index contributed by atoms with van der Waals surface area (Å²) in [6.07, 6.45) is -0.120. The van der Waals surface area contributed by atoms with Gasteiger partial charge in [0.25, 0.3) is 0 Å². The van der Waals surface area contributed by atoms with Crippen LogP contribution in [0.25, 0.3) is 0 Å². The van der Waals surface area contributed by atoms with E-state index in [9.17, 15) is 10.2 Å². The first-order chi connectivity index (χ1) is 6.51. The van der Waals surface area contributed by atoms with Crippen LogP contribution in [0.1, 0.15) is 54.9 Å². The highest BCUT2D eigenvalue weighted by Crippen LogP contribution is 2.35. The van der Waals surface area contributed by atoms with Crippen molar-refractivity contribution in [3.8, 4) is 0 Å². The van der Waals surface area contributed by atoms with E-state index >= 15 is 0 Å². The normalized spacial score (nSPS) is 19.8. The van der Waals surface area contributed by atoms with Gasteiger partial charge in [-0.25, -0.2) is 0 Å². The van der Waals surface area contributed by atoms with Crippen LogP contribution in [-0.4, -0.2) is 22.4 Å². The summed E-state index contributed by atoms with van der Waals surface area (Å²) >= 11 is 0. The van der Waals surface area contributed by atoms with Crippen molar-refractivity contribution >= 4 is 0 Å². The Hall–Kier alpha value is -0.0800. The molecule has 0 aliphatic heterocycles. The molecule has 0 spiro atoms. The minimum Gasteiger partial charge on any atom is -0.392 e. The molecule has 2 unspecified atom stereocenters. The van der Waals surface area contributed by atoms with Crippen LogP contribution >= 0.6 is 0 Å². The molecule has 2 nitrogen and oxygen atoms in total. The topological polar surface area (TPSA) is 40.5 Å². The van der Waals surface area contributed by atoms with Crippen LogP contribution in [-0.2, 0) is 0 Å². The Morgan fingerprint density at radius 3 is 1.20 bits per heavy atom. The summed E-state index contributed by atoms with van der Waals surface area (Å²) in [4.78, 5) is 0. The Morgan fingerprint density at radius 1 is 0.800 bits per heavy atom. The number of aliphatic hydroxyl groups excluding tert-OH is 2. The molecule has 15 heavy (non-hydrogen) atoms. The summed E-state index contributed by atoms with van der Waals surface area (Å²) in [7, 11) is 0. The van der Waals surface area contributed by atoms with Gasteiger partial charge in [0.15, 0.2) is 0 Å². The Bertz CT molecular complexity index is 166. The molecule has 0 aromatic rings. The predicted molar refractivity (Wildman–Crippen MR) is 64.7 cm³/mol. The summed E-state index contributed by atoms with van der Waals surface area (Å²) in [5.41, 5.74) is -0.347. The van der Waals surface area contributed by atoms with E-state index in [4.69, 9.17) is 0 Å². The average Bonchev–Trinajstić information content (AvgIpc) is 2.01. The molecule has 2 atom stereocenters. The molecular formula is C13H28O2. The zero-order valence-electron chi connectivity index (χ0n) is 11.3. The van der Waals surface area contributed by atoms with E-state index in [0.717, 1.165) is 6.42 Å². The highest BCUT2D eigenvalue weighted by molar-refractivity contribution is 4.88. The lowest BCUT2D eigenvalue weighted by molar-refractivity contribution is -0.0809. The Balaban J connectivity index is 4.78. The number of hydrogen-bond donors (Lipinski definition) is 2. The third kappa shape index (κ3) is 4.12. The van der Waals surface area contributed by atoms with Crippen LogP contribution in [0.15, 0.2) is 0 Å². The molecule has 0 aliphatic rings. The zero-order chi connectivity index (χ0) is 12.4. The molecule has 0 saturated carbocycles. The number of rotatable bonds is 3. The highest BCUT2D eigenvalue weighted by atomic mass is 16.3. The first-order valence-corrected chi connectivity index (χ1v) is 5.88. The largest absolute Gasteiger partial charge is 0.392 e. The third-order valence-corrected chi connectivity index (χ3v) is 3.06. The van der Waals surface area contributed by atoms with E-state index in [1.807, 2.05) is 48.5 Å². The fraction of sp³-hybridized carbons (Fsp3) is 1.00. The van der Waals surface area contributed by atoms with Gasteiger partial charge in [-0.1, -0.05) is 48.5 Å². The summed E-state index contributed by atoms with van der Waals surface area (Å²) in [6, 6.07) is 0. The molecule has 2 N–H and O–H groups in total. The molecule has 0 bridgehead atoms. The smallest absolute Gasteiger partial charge is 0.0641 e.